The number of urea groups is 1. The van der Waals surface area contributed by atoms with Gasteiger partial charge in [0, 0.05) is 12.1 Å². The Bertz CT molecular complexity index is 523. The number of carbonyl (C=O) groups is 2. The van der Waals surface area contributed by atoms with Gasteiger partial charge in [-0.1, -0.05) is 18.6 Å². The number of anilines is 1. The number of nitrogens with zero attached hydrogens (tertiary/aromatic N) is 1. The van der Waals surface area contributed by atoms with Crippen molar-refractivity contribution in [2.24, 2.45) is 0 Å². The van der Waals surface area contributed by atoms with Crippen LogP contribution in [0.5, 0.6) is 0 Å². The molecule has 114 valence electrons. The van der Waals surface area contributed by atoms with Gasteiger partial charge in [0.2, 0.25) is 0 Å². The number of hydrazine groups is 1. The first-order chi connectivity index (χ1) is 9.99. The summed E-state index contributed by atoms with van der Waals surface area (Å²) < 4.78 is 0. The predicted molar refractivity (Wildman–Crippen MR) is 80.2 cm³/mol. The van der Waals surface area contributed by atoms with Gasteiger partial charge in [-0.3, -0.25) is 5.43 Å². The second-order valence-corrected chi connectivity index (χ2v) is 5.45. The number of carbonyl (C=O) groups excluding carboxylic acids is 1. The number of benzene rings is 1. The van der Waals surface area contributed by atoms with Crippen molar-refractivity contribution in [3.63, 3.8) is 0 Å². The van der Waals surface area contributed by atoms with Crippen LogP contribution in [0.3, 0.4) is 0 Å². The maximum absolute atomic E-state index is 12.1. The lowest BCUT2D eigenvalue weighted by Crippen LogP contribution is -2.55. The van der Waals surface area contributed by atoms with Crippen LogP contribution >= 0.6 is 0 Å². The van der Waals surface area contributed by atoms with Crippen LogP contribution in [0.4, 0.5) is 10.5 Å². The van der Waals surface area contributed by atoms with Crippen LogP contribution in [0.15, 0.2) is 24.3 Å². The maximum atomic E-state index is 12.1. The summed E-state index contributed by atoms with van der Waals surface area (Å²) in [6, 6.07) is 6.49. The Balaban J connectivity index is 2.03. The number of carboxylic acids is 1. The molecule has 21 heavy (non-hydrogen) atoms. The highest BCUT2D eigenvalue weighted by Gasteiger charge is 2.26. The van der Waals surface area contributed by atoms with Crippen molar-refractivity contribution in [2.45, 2.75) is 45.2 Å². The number of piperidine rings is 1. The van der Waals surface area contributed by atoms with E-state index in [2.05, 4.69) is 24.6 Å². The second kappa shape index (κ2) is 6.58. The molecule has 3 N–H and O–H groups in total. The normalized spacial score (nSPS) is 22.6. The van der Waals surface area contributed by atoms with E-state index in [1.807, 2.05) is 5.01 Å². The lowest BCUT2D eigenvalue weighted by atomic mass is 10.00. The molecule has 2 amide bonds. The number of amides is 2. The van der Waals surface area contributed by atoms with Gasteiger partial charge in [0.05, 0.1) is 11.3 Å². The molecule has 1 aromatic rings. The fourth-order valence-electron chi connectivity index (χ4n) is 2.69. The molecule has 1 heterocycles. The smallest absolute Gasteiger partial charge is 0.337 e. The summed E-state index contributed by atoms with van der Waals surface area (Å²) in [5.74, 6) is -1.06. The Morgan fingerprint density at radius 1 is 1.19 bits per heavy atom. The minimum atomic E-state index is -1.06. The molecule has 0 aliphatic carbocycles. The van der Waals surface area contributed by atoms with Crippen LogP contribution in [0.25, 0.3) is 0 Å². The summed E-state index contributed by atoms with van der Waals surface area (Å²) in [5.41, 5.74) is 3.19. The molecule has 2 rings (SSSR count). The van der Waals surface area contributed by atoms with E-state index in [-0.39, 0.29) is 17.6 Å². The molecular weight excluding hydrogens is 270 g/mol. The van der Waals surface area contributed by atoms with Crippen LogP contribution in [0, 0.1) is 0 Å². The van der Waals surface area contributed by atoms with Crippen LogP contribution in [-0.2, 0) is 0 Å². The van der Waals surface area contributed by atoms with Crippen molar-refractivity contribution in [1.29, 1.82) is 0 Å². The summed E-state index contributed by atoms with van der Waals surface area (Å²) in [4.78, 5) is 23.2. The Hall–Kier alpha value is -2.08. The number of rotatable bonds is 3. The van der Waals surface area contributed by atoms with E-state index in [1.54, 1.807) is 18.2 Å². The number of para-hydroxylation sites is 1. The zero-order valence-electron chi connectivity index (χ0n) is 12.3. The Morgan fingerprint density at radius 3 is 2.43 bits per heavy atom. The van der Waals surface area contributed by atoms with Crippen molar-refractivity contribution >= 4 is 17.7 Å². The predicted octanol–water partition coefficient (Wildman–Crippen LogP) is 2.68. The topological polar surface area (TPSA) is 81.7 Å². The maximum Gasteiger partial charge on any atom is 0.337 e. The third-order valence-corrected chi connectivity index (χ3v) is 3.83. The minimum absolute atomic E-state index is 0.0763. The Morgan fingerprint density at radius 2 is 1.81 bits per heavy atom. The van der Waals surface area contributed by atoms with Crippen LogP contribution in [-0.4, -0.2) is 34.2 Å². The lowest BCUT2D eigenvalue weighted by molar-refractivity contribution is 0.0625. The Labute approximate surface area is 124 Å². The van der Waals surface area contributed by atoms with E-state index in [0.717, 1.165) is 19.3 Å². The number of nitrogens with one attached hydrogen (secondary N) is 2. The van der Waals surface area contributed by atoms with Gasteiger partial charge in [0.1, 0.15) is 0 Å². The van der Waals surface area contributed by atoms with Crippen LogP contribution < -0.4 is 10.7 Å². The lowest BCUT2D eigenvalue weighted by Gasteiger charge is -2.38. The third-order valence-electron chi connectivity index (χ3n) is 3.83. The first-order valence-electron chi connectivity index (χ1n) is 7.17. The summed E-state index contributed by atoms with van der Waals surface area (Å²) >= 11 is 0. The third kappa shape index (κ3) is 3.72. The molecule has 0 saturated carbocycles. The molecule has 1 fully saturated rings. The van der Waals surface area contributed by atoms with E-state index < -0.39 is 12.0 Å². The standard InChI is InChI=1S/C15H21N3O3/c1-10-6-5-7-11(2)18(10)17-15(21)16-13-9-4-3-8-12(13)14(19)20/h3-4,8-11H,5-7H2,1-2H3,(H,19,20)(H2,16,17,21). The minimum Gasteiger partial charge on any atom is -0.478 e. The fraction of sp³-hybridized carbons (Fsp3) is 0.467. The molecule has 2 unspecified atom stereocenters. The van der Waals surface area contributed by atoms with Crippen molar-refractivity contribution in [2.75, 3.05) is 5.32 Å². The van der Waals surface area contributed by atoms with Gasteiger partial charge in [0.15, 0.2) is 0 Å². The van der Waals surface area contributed by atoms with Gasteiger partial charge >= 0.3 is 12.0 Å². The highest BCUT2D eigenvalue weighted by molar-refractivity contribution is 5.99. The highest BCUT2D eigenvalue weighted by Crippen LogP contribution is 2.20. The fourth-order valence-corrected chi connectivity index (χ4v) is 2.69. The summed E-state index contributed by atoms with van der Waals surface area (Å²) in [5, 5.41) is 13.6. The first-order valence-corrected chi connectivity index (χ1v) is 7.17. The van der Waals surface area contributed by atoms with Gasteiger partial charge in [-0.05, 0) is 38.8 Å². The molecule has 0 aromatic heterocycles. The van der Waals surface area contributed by atoms with E-state index in [1.165, 1.54) is 6.07 Å². The molecule has 6 heteroatoms. The Kier molecular flexibility index (Phi) is 4.80. The van der Waals surface area contributed by atoms with Gasteiger partial charge in [-0.2, -0.15) is 0 Å². The van der Waals surface area contributed by atoms with Gasteiger partial charge in [-0.25, -0.2) is 14.6 Å². The molecule has 6 nitrogen and oxygen atoms in total. The number of aromatic carboxylic acids is 1. The van der Waals surface area contributed by atoms with E-state index >= 15 is 0 Å². The van der Waals surface area contributed by atoms with E-state index in [9.17, 15) is 9.59 Å². The molecule has 0 bridgehead atoms. The summed E-state index contributed by atoms with van der Waals surface area (Å²) in [6.45, 7) is 4.14. The average molecular weight is 291 g/mol. The monoisotopic (exact) mass is 291 g/mol. The van der Waals surface area contributed by atoms with Crippen molar-refractivity contribution in [1.82, 2.24) is 10.4 Å². The number of carboxylic acid groups (broad SMARTS) is 1. The molecule has 0 spiro atoms. The van der Waals surface area contributed by atoms with Crippen LogP contribution in [0.1, 0.15) is 43.5 Å². The van der Waals surface area contributed by atoms with E-state index in [0.29, 0.717) is 5.69 Å². The van der Waals surface area contributed by atoms with Crippen molar-refractivity contribution < 1.29 is 14.7 Å². The molecule has 1 aliphatic heterocycles. The molecule has 0 radical (unpaired) electrons. The first kappa shape index (κ1) is 15.3. The summed E-state index contributed by atoms with van der Waals surface area (Å²) in [6.07, 6.45) is 3.23. The SMILES string of the molecule is CC1CCCC(C)N1NC(=O)Nc1ccccc1C(=O)O. The number of hydrogen-bond donors (Lipinski definition) is 3. The molecule has 2 atom stereocenters. The zero-order valence-corrected chi connectivity index (χ0v) is 12.3. The molecule has 1 aromatic carbocycles. The quantitative estimate of drug-likeness (QED) is 0.799. The largest absolute Gasteiger partial charge is 0.478 e. The average Bonchev–Trinajstić information content (AvgIpc) is 2.43. The van der Waals surface area contributed by atoms with Crippen molar-refractivity contribution in [3.8, 4) is 0 Å². The number of hydrogen-bond acceptors (Lipinski definition) is 3. The summed E-state index contributed by atoms with van der Waals surface area (Å²) in [7, 11) is 0. The van der Waals surface area contributed by atoms with Gasteiger partial charge in [-0.15, -0.1) is 0 Å². The highest BCUT2D eigenvalue weighted by atomic mass is 16.4. The van der Waals surface area contributed by atoms with Gasteiger partial charge < -0.3 is 10.4 Å². The molecule has 1 saturated heterocycles. The van der Waals surface area contributed by atoms with E-state index in [4.69, 9.17) is 5.11 Å². The van der Waals surface area contributed by atoms with Gasteiger partial charge in [0.25, 0.3) is 0 Å². The second-order valence-electron chi connectivity index (χ2n) is 5.45. The molecule has 1 aliphatic rings. The van der Waals surface area contributed by atoms with Crippen LogP contribution in [0.2, 0.25) is 0 Å². The molecular formula is C15H21N3O3. The van der Waals surface area contributed by atoms with Crippen molar-refractivity contribution in [3.05, 3.63) is 29.8 Å². The zero-order chi connectivity index (χ0) is 15.4.